The summed E-state index contributed by atoms with van der Waals surface area (Å²) in [5.74, 6) is -0.512. The fraction of sp³-hybridized carbons (Fsp3) is 0. The average molecular weight is 429 g/mol. The third kappa shape index (κ3) is 3.39. The first kappa shape index (κ1) is 19.2. The van der Waals surface area contributed by atoms with E-state index in [1.165, 1.54) is 27.8 Å². The fourth-order valence-corrected chi connectivity index (χ4v) is 3.39. The molecule has 1 amide bonds. The van der Waals surface area contributed by atoms with E-state index in [0.717, 1.165) is 0 Å². The summed E-state index contributed by atoms with van der Waals surface area (Å²) in [5, 5.41) is 13.1. The number of hydrogen-bond acceptors (Lipinski definition) is 4. The summed E-state index contributed by atoms with van der Waals surface area (Å²) in [5.41, 5.74) is 1.08. The second-order valence-corrected chi connectivity index (χ2v) is 6.87. The van der Waals surface area contributed by atoms with E-state index in [-0.39, 0.29) is 11.3 Å². The Morgan fingerprint density at radius 3 is 2.59 bits per heavy atom. The number of aromatic nitrogens is 6. The van der Waals surface area contributed by atoms with Gasteiger partial charge in [0.15, 0.2) is 5.82 Å². The average Bonchev–Trinajstić information content (AvgIpc) is 3.54. The van der Waals surface area contributed by atoms with Gasteiger partial charge in [-0.05, 0) is 42.5 Å². The van der Waals surface area contributed by atoms with Crippen LogP contribution in [0.1, 0.15) is 10.4 Å². The van der Waals surface area contributed by atoms with Crippen LogP contribution in [-0.2, 0) is 0 Å². The topological polar surface area (TPSA) is 103 Å². The number of rotatable bonds is 5. The number of aromatic amines is 1. The van der Waals surface area contributed by atoms with E-state index in [1.807, 2.05) is 0 Å². The highest BCUT2D eigenvalue weighted by atomic mass is 19.1. The van der Waals surface area contributed by atoms with Gasteiger partial charge in [-0.3, -0.25) is 4.79 Å². The molecule has 0 aliphatic carbocycles. The highest BCUT2D eigenvalue weighted by Gasteiger charge is 2.21. The molecule has 9 nitrogen and oxygen atoms in total. The van der Waals surface area contributed by atoms with Gasteiger partial charge in [-0.15, -0.1) is 0 Å². The van der Waals surface area contributed by atoms with Gasteiger partial charge in [0.05, 0.1) is 11.9 Å². The van der Waals surface area contributed by atoms with E-state index in [2.05, 4.69) is 20.6 Å². The highest BCUT2D eigenvalue weighted by molar-refractivity contribution is 6.06. The number of carbonyl (C=O) groups excluding carboxylic acids is 1. The van der Waals surface area contributed by atoms with E-state index in [0.29, 0.717) is 17.2 Å². The maximum atomic E-state index is 14.5. The summed E-state index contributed by atoms with van der Waals surface area (Å²) in [7, 11) is 0. The Morgan fingerprint density at radius 1 is 1.03 bits per heavy atom. The smallest absolute Gasteiger partial charge is 0.322 e. The number of anilines is 1. The molecule has 0 unspecified atom stereocenters. The molecule has 0 aliphatic rings. The molecule has 0 saturated carbocycles. The maximum absolute atomic E-state index is 14.5. The molecule has 0 bridgehead atoms. The van der Waals surface area contributed by atoms with Crippen LogP contribution < -0.4 is 11.0 Å². The molecular formula is C22H16FN7O2. The standard InChI is InChI=1S/C22H16FN7O2/c23-18-8-1-2-9-19(18)30-21(28-10-3-4-11-28)17(13-25-30)20(31)26-15-6-5-7-16(12-15)29-14-24-27-22(29)32/h1-14H,(H,26,31)(H,27,32). The summed E-state index contributed by atoms with van der Waals surface area (Å²) in [6, 6.07) is 16.6. The number of nitrogens with one attached hydrogen (secondary N) is 2. The van der Waals surface area contributed by atoms with Crippen LogP contribution in [0.4, 0.5) is 10.1 Å². The lowest BCUT2D eigenvalue weighted by molar-refractivity contribution is 0.102. The molecule has 0 fully saturated rings. The Bertz CT molecular complexity index is 1460. The van der Waals surface area contributed by atoms with Crippen molar-refractivity contribution in [2.24, 2.45) is 0 Å². The van der Waals surface area contributed by atoms with Crippen molar-refractivity contribution in [2.75, 3.05) is 5.32 Å². The van der Waals surface area contributed by atoms with Crippen molar-refractivity contribution in [3.63, 3.8) is 0 Å². The van der Waals surface area contributed by atoms with E-state index in [1.54, 1.807) is 71.6 Å². The summed E-state index contributed by atoms with van der Waals surface area (Å²) in [6.07, 6.45) is 6.24. The minimum Gasteiger partial charge on any atom is -0.322 e. The number of H-pyrrole nitrogens is 1. The Hall–Kier alpha value is -4.73. The van der Waals surface area contributed by atoms with Gasteiger partial charge in [0, 0.05) is 18.1 Å². The fourth-order valence-electron chi connectivity index (χ4n) is 3.39. The minimum absolute atomic E-state index is 0.219. The first-order chi connectivity index (χ1) is 15.6. The zero-order valence-corrected chi connectivity index (χ0v) is 16.5. The Kier molecular flexibility index (Phi) is 4.71. The number of benzene rings is 2. The lowest BCUT2D eigenvalue weighted by atomic mass is 10.2. The zero-order chi connectivity index (χ0) is 22.1. The van der Waals surface area contributed by atoms with Gasteiger partial charge in [-0.2, -0.15) is 10.2 Å². The molecule has 0 spiro atoms. The molecule has 2 aromatic carbocycles. The van der Waals surface area contributed by atoms with Crippen molar-refractivity contribution in [1.82, 2.24) is 29.1 Å². The molecule has 32 heavy (non-hydrogen) atoms. The van der Waals surface area contributed by atoms with Gasteiger partial charge in [0.2, 0.25) is 0 Å². The molecule has 3 heterocycles. The first-order valence-corrected chi connectivity index (χ1v) is 9.62. The van der Waals surface area contributed by atoms with Crippen molar-refractivity contribution in [3.05, 3.63) is 107 Å². The molecule has 3 aromatic heterocycles. The predicted molar refractivity (Wildman–Crippen MR) is 115 cm³/mol. The summed E-state index contributed by atoms with van der Waals surface area (Å²) >= 11 is 0. The van der Waals surface area contributed by atoms with Crippen molar-refractivity contribution >= 4 is 11.6 Å². The summed E-state index contributed by atoms with van der Waals surface area (Å²) in [4.78, 5) is 25.0. The predicted octanol–water partition coefficient (Wildman–Crippen LogP) is 2.93. The molecule has 10 heteroatoms. The molecule has 2 N–H and O–H groups in total. The highest BCUT2D eigenvalue weighted by Crippen LogP contribution is 2.23. The lowest BCUT2D eigenvalue weighted by Gasteiger charge is -2.12. The van der Waals surface area contributed by atoms with E-state index >= 15 is 0 Å². The van der Waals surface area contributed by atoms with E-state index in [9.17, 15) is 14.0 Å². The van der Waals surface area contributed by atoms with Crippen molar-refractivity contribution in [1.29, 1.82) is 0 Å². The maximum Gasteiger partial charge on any atom is 0.347 e. The number of carbonyl (C=O) groups is 1. The van der Waals surface area contributed by atoms with Gasteiger partial charge in [-0.1, -0.05) is 18.2 Å². The van der Waals surface area contributed by atoms with Crippen molar-refractivity contribution in [2.45, 2.75) is 0 Å². The summed E-state index contributed by atoms with van der Waals surface area (Å²) in [6.45, 7) is 0. The number of amides is 1. The van der Waals surface area contributed by atoms with Crippen LogP contribution >= 0.6 is 0 Å². The molecular weight excluding hydrogens is 413 g/mol. The number of halogens is 1. The first-order valence-electron chi connectivity index (χ1n) is 9.62. The van der Waals surface area contributed by atoms with Crippen LogP contribution in [0, 0.1) is 5.82 Å². The monoisotopic (exact) mass is 429 g/mol. The van der Waals surface area contributed by atoms with Crippen LogP contribution in [-0.4, -0.2) is 35.0 Å². The quantitative estimate of drug-likeness (QED) is 0.448. The number of hydrogen-bond donors (Lipinski definition) is 2. The molecule has 0 atom stereocenters. The van der Waals surface area contributed by atoms with E-state index < -0.39 is 17.4 Å². The van der Waals surface area contributed by atoms with Gasteiger partial charge in [-0.25, -0.2) is 23.5 Å². The van der Waals surface area contributed by atoms with Gasteiger partial charge in [0.1, 0.15) is 23.4 Å². The van der Waals surface area contributed by atoms with Crippen molar-refractivity contribution < 1.29 is 9.18 Å². The van der Waals surface area contributed by atoms with Crippen molar-refractivity contribution in [3.8, 4) is 17.2 Å². The van der Waals surface area contributed by atoms with Crippen LogP contribution in [0.2, 0.25) is 0 Å². The third-order valence-corrected chi connectivity index (χ3v) is 4.85. The molecule has 5 rings (SSSR count). The molecule has 0 radical (unpaired) electrons. The second kappa shape index (κ2) is 7.84. The SMILES string of the molecule is O=C(Nc1cccc(-n2cn[nH]c2=O)c1)c1cnn(-c2ccccc2F)c1-n1cccc1. The Balaban J connectivity index is 1.53. The zero-order valence-electron chi connectivity index (χ0n) is 16.5. The van der Waals surface area contributed by atoms with Crippen LogP contribution in [0.3, 0.4) is 0 Å². The molecule has 5 aromatic rings. The van der Waals surface area contributed by atoms with Gasteiger partial charge in [0.25, 0.3) is 5.91 Å². The number of nitrogens with zero attached hydrogens (tertiary/aromatic N) is 5. The van der Waals surface area contributed by atoms with E-state index in [4.69, 9.17) is 0 Å². The number of para-hydroxylation sites is 1. The third-order valence-electron chi connectivity index (χ3n) is 4.85. The molecule has 0 saturated heterocycles. The van der Waals surface area contributed by atoms with Crippen LogP contribution in [0.25, 0.3) is 17.2 Å². The Morgan fingerprint density at radius 2 is 1.84 bits per heavy atom. The largest absolute Gasteiger partial charge is 0.347 e. The molecule has 0 aliphatic heterocycles. The second-order valence-electron chi connectivity index (χ2n) is 6.87. The normalized spacial score (nSPS) is 10.9. The van der Waals surface area contributed by atoms with Gasteiger partial charge >= 0.3 is 5.69 Å². The Labute approximate surface area is 180 Å². The van der Waals surface area contributed by atoms with Gasteiger partial charge < -0.3 is 9.88 Å². The van der Waals surface area contributed by atoms with Crippen LogP contribution in [0.5, 0.6) is 0 Å². The van der Waals surface area contributed by atoms with Crippen LogP contribution in [0.15, 0.2) is 90.4 Å². The lowest BCUT2D eigenvalue weighted by Crippen LogP contribution is -2.17. The minimum atomic E-state index is -0.464. The summed E-state index contributed by atoms with van der Waals surface area (Å²) < 4.78 is 18.8. The molecule has 158 valence electrons.